The summed E-state index contributed by atoms with van der Waals surface area (Å²) in [6.45, 7) is 6.01. The van der Waals surface area contributed by atoms with Gasteiger partial charge in [0.15, 0.2) is 0 Å². The Morgan fingerprint density at radius 1 is 1.11 bits per heavy atom. The number of carbonyl (C=O) groups excluding carboxylic acids is 1. The van der Waals surface area contributed by atoms with Crippen LogP contribution in [0.1, 0.15) is 38.5 Å². The maximum absolute atomic E-state index is 11.8. The molecule has 19 heavy (non-hydrogen) atoms. The summed E-state index contributed by atoms with van der Waals surface area (Å²) in [5.41, 5.74) is 0. The zero-order valence-electron chi connectivity index (χ0n) is 11.9. The zero-order valence-corrected chi connectivity index (χ0v) is 11.9. The van der Waals surface area contributed by atoms with Gasteiger partial charge in [0.2, 0.25) is 0 Å². The van der Waals surface area contributed by atoms with Gasteiger partial charge in [0.25, 0.3) is 0 Å². The minimum absolute atomic E-state index is 0.0158. The van der Waals surface area contributed by atoms with Gasteiger partial charge in [-0.05, 0) is 12.8 Å². The Hall–Kier alpha value is -0.810. The molecule has 5 nitrogen and oxygen atoms in total. The maximum atomic E-state index is 11.8. The van der Waals surface area contributed by atoms with E-state index >= 15 is 0 Å². The lowest BCUT2D eigenvalue weighted by molar-refractivity contribution is 0.223. The summed E-state index contributed by atoms with van der Waals surface area (Å²) in [7, 11) is 0. The Bertz CT molecular complexity index is 258. The first-order valence-corrected chi connectivity index (χ1v) is 7.82. The van der Waals surface area contributed by atoms with E-state index in [-0.39, 0.29) is 6.03 Å². The second-order valence-corrected chi connectivity index (χ2v) is 5.68. The highest BCUT2D eigenvalue weighted by Gasteiger charge is 2.14. The summed E-state index contributed by atoms with van der Waals surface area (Å²) in [4.78, 5) is 14.2. The van der Waals surface area contributed by atoms with Gasteiger partial charge in [-0.3, -0.25) is 4.90 Å². The molecule has 0 aromatic carbocycles. The number of hydrogen-bond acceptors (Lipinski definition) is 3. The van der Waals surface area contributed by atoms with Gasteiger partial charge in [-0.1, -0.05) is 25.7 Å². The van der Waals surface area contributed by atoms with Gasteiger partial charge in [0, 0.05) is 45.3 Å². The lowest BCUT2D eigenvalue weighted by Gasteiger charge is -2.27. The second kappa shape index (κ2) is 8.38. The van der Waals surface area contributed by atoms with Crippen molar-refractivity contribution in [2.75, 3.05) is 39.3 Å². The highest BCUT2D eigenvalue weighted by atomic mass is 16.2. The largest absolute Gasteiger partial charge is 0.337 e. The molecule has 1 aliphatic heterocycles. The van der Waals surface area contributed by atoms with Gasteiger partial charge < -0.3 is 16.0 Å². The first-order valence-electron chi connectivity index (χ1n) is 7.82. The van der Waals surface area contributed by atoms with Crippen molar-refractivity contribution in [3.63, 3.8) is 0 Å². The molecule has 3 N–H and O–H groups in total. The van der Waals surface area contributed by atoms with Crippen LogP contribution in [0.2, 0.25) is 0 Å². The van der Waals surface area contributed by atoms with Crippen molar-refractivity contribution in [1.82, 2.24) is 20.9 Å². The molecule has 1 aliphatic carbocycles. The molecule has 0 atom stereocenters. The van der Waals surface area contributed by atoms with Gasteiger partial charge in [0.05, 0.1) is 0 Å². The first kappa shape index (κ1) is 14.6. The number of rotatable bonds is 4. The highest BCUT2D eigenvalue weighted by molar-refractivity contribution is 5.74. The summed E-state index contributed by atoms with van der Waals surface area (Å²) in [6.07, 6.45) is 7.44. The Balaban J connectivity index is 1.55. The summed E-state index contributed by atoms with van der Waals surface area (Å²) in [6, 6.07) is 0.406. The third-order valence-electron chi connectivity index (χ3n) is 4.11. The standard InChI is InChI=1S/C14H28N4O/c19-14(17-13-5-3-1-2-4-6-13)16-9-12-18-10-7-15-8-11-18/h13,15H,1-12H2,(H2,16,17,19). The fraction of sp³-hybridized carbons (Fsp3) is 0.929. The number of hydrogen-bond donors (Lipinski definition) is 3. The molecule has 0 aromatic rings. The highest BCUT2D eigenvalue weighted by Crippen LogP contribution is 2.16. The molecule has 1 heterocycles. The van der Waals surface area contributed by atoms with Gasteiger partial charge in [0.1, 0.15) is 0 Å². The van der Waals surface area contributed by atoms with Crippen molar-refractivity contribution in [2.45, 2.75) is 44.6 Å². The van der Waals surface area contributed by atoms with Crippen LogP contribution in [0.5, 0.6) is 0 Å². The van der Waals surface area contributed by atoms with E-state index in [2.05, 4.69) is 20.9 Å². The molecule has 0 radical (unpaired) electrons. The van der Waals surface area contributed by atoms with Gasteiger partial charge >= 0.3 is 6.03 Å². The molecule has 0 aromatic heterocycles. The van der Waals surface area contributed by atoms with Gasteiger partial charge in [-0.25, -0.2) is 4.79 Å². The minimum atomic E-state index is 0.0158. The number of urea groups is 1. The van der Waals surface area contributed by atoms with Crippen LogP contribution in [0.15, 0.2) is 0 Å². The van der Waals surface area contributed by atoms with Crippen LogP contribution in [0.3, 0.4) is 0 Å². The van der Waals surface area contributed by atoms with E-state index in [1.807, 2.05) is 0 Å². The topological polar surface area (TPSA) is 56.4 Å². The minimum Gasteiger partial charge on any atom is -0.337 e. The van der Waals surface area contributed by atoms with Crippen LogP contribution in [-0.4, -0.2) is 56.2 Å². The summed E-state index contributed by atoms with van der Waals surface area (Å²) < 4.78 is 0. The van der Waals surface area contributed by atoms with Crippen molar-refractivity contribution in [3.8, 4) is 0 Å². The number of amides is 2. The Labute approximate surface area is 116 Å². The Morgan fingerprint density at radius 3 is 2.47 bits per heavy atom. The maximum Gasteiger partial charge on any atom is 0.315 e. The molecule has 2 fully saturated rings. The van der Waals surface area contributed by atoms with E-state index in [9.17, 15) is 4.79 Å². The molecule has 2 aliphatic rings. The van der Waals surface area contributed by atoms with E-state index < -0.39 is 0 Å². The van der Waals surface area contributed by atoms with Crippen LogP contribution in [-0.2, 0) is 0 Å². The quantitative estimate of drug-likeness (QED) is 0.664. The second-order valence-electron chi connectivity index (χ2n) is 5.68. The van der Waals surface area contributed by atoms with Gasteiger partial charge in [-0.2, -0.15) is 0 Å². The number of carbonyl (C=O) groups is 1. The zero-order chi connectivity index (χ0) is 13.3. The molecule has 5 heteroatoms. The molecule has 1 saturated heterocycles. The molecular formula is C14H28N4O. The number of piperazine rings is 1. The fourth-order valence-corrected chi connectivity index (χ4v) is 2.92. The molecule has 110 valence electrons. The summed E-state index contributed by atoms with van der Waals surface area (Å²) in [5.74, 6) is 0. The van der Waals surface area contributed by atoms with E-state index in [0.29, 0.717) is 6.04 Å². The molecule has 0 bridgehead atoms. The lowest BCUT2D eigenvalue weighted by atomic mass is 10.1. The Morgan fingerprint density at radius 2 is 1.79 bits per heavy atom. The average Bonchev–Trinajstić information content (AvgIpc) is 2.68. The van der Waals surface area contributed by atoms with Crippen LogP contribution in [0.25, 0.3) is 0 Å². The summed E-state index contributed by atoms with van der Waals surface area (Å²) in [5, 5.41) is 9.43. The predicted octanol–water partition coefficient (Wildman–Crippen LogP) is 0.914. The van der Waals surface area contributed by atoms with Crippen LogP contribution in [0, 0.1) is 0 Å². The smallest absolute Gasteiger partial charge is 0.315 e. The van der Waals surface area contributed by atoms with E-state index in [1.54, 1.807) is 0 Å². The van der Waals surface area contributed by atoms with E-state index in [1.165, 1.54) is 25.7 Å². The van der Waals surface area contributed by atoms with Crippen molar-refractivity contribution < 1.29 is 4.79 Å². The van der Waals surface area contributed by atoms with Crippen LogP contribution >= 0.6 is 0 Å². The average molecular weight is 268 g/mol. The lowest BCUT2D eigenvalue weighted by Crippen LogP contribution is -2.48. The van der Waals surface area contributed by atoms with Gasteiger partial charge in [-0.15, -0.1) is 0 Å². The summed E-state index contributed by atoms with van der Waals surface area (Å²) >= 11 is 0. The third kappa shape index (κ3) is 5.78. The van der Waals surface area contributed by atoms with E-state index in [4.69, 9.17) is 0 Å². The van der Waals surface area contributed by atoms with Crippen molar-refractivity contribution in [3.05, 3.63) is 0 Å². The van der Waals surface area contributed by atoms with E-state index in [0.717, 1.165) is 52.1 Å². The molecule has 0 spiro atoms. The fourth-order valence-electron chi connectivity index (χ4n) is 2.92. The molecule has 0 unspecified atom stereocenters. The molecule has 1 saturated carbocycles. The number of nitrogens with zero attached hydrogens (tertiary/aromatic N) is 1. The monoisotopic (exact) mass is 268 g/mol. The SMILES string of the molecule is O=C(NCCN1CCNCC1)NC1CCCCCC1. The Kier molecular flexibility index (Phi) is 6.44. The predicted molar refractivity (Wildman–Crippen MR) is 77.3 cm³/mol. The van der Waals surface area contributed by atoms with Crippen molar-refractivity contribution in [2.24, 2.45) is 0 Å². The molecule has 2 amide bonds. The van der Waals surface area contributed by atoms with Crippen molar-refractivity contribution >= 4 is 6.03 Å². The molecule has 2 rings (SSSR count). The van der Waals surface area contributed by atoms with Crippen LogP contribution < -0.4 is 16.0 Å². The van der Waals surface area contributed by atoms with Crippen molar-refractivity contribution in [1.29, 1.82) is 0 Å². The molecular weight excluding hydrogens is 240 g/mol. The normalized spacial score (nSPS) is 22.7. The number of nitrogens with one attached hydrogen (secondary N) is 3. The third-order valence-corrected chi connectivity index (χ3v) is 4.11. The van der Waals surface area contributed by atoms with Crippen LogP contribution in [0.4, 0.5) is 4.79 Å². The first-order chi connectivity index (χ1) is 9.34.